The Morgan fingerprint density at radius 1 is 0.833 bits per heavy atom. The molecule has 0 rings (SSSR count). The lowest BCUT2D eigenvalue weighted by Gasteiger charge is -2.09. The summed E-state index contributed by atoms with van der Waals surface area (Å²) >= 11 is 0. The third kappa shape index (κ3) is 5.38. The zero-order valence-corrected chi connectivity index (χ0v) is 11.6. The fourth-order valence-corrected chi connectivity index (χ4v) is 1.59. The Labute approximate surface area is 109 Å². The van der Waals surface area contributed by atoms with Crippen molar-refractivity contribution < 1.29 is 19.1 Å². The molecule has 0 amide bonds. The number of methoxy groups -OCH3 is 2. The molecule has 0 unspecified atom stereocenters. The molecular formula is C14H22O4. The summed E-state index contributed by atoms with van der Waals surface area (Å²) < 4.78 is 9.75. The van der Waals surface area contributed by atoms with E-state index < -0.39 is 0 Å². The summed E-state index contributed by atoms with van der Waals surface area (Å²) in [7, 11) is 3.09. The average Bonchev–Trinajstić information content (AvgIpc) is 2.39. The fourth-order valence-electron chi connectivity index (χ4n) is 1.59. The van der Waals surface area contributed by atoms with Crippen LogP contribution in [0.5, 0.6) is 0 Å². The van der Waals surface area contributed by atoms with Crippen molar-refractivity contribution in [3.8, 4) is 0 Å². The van der Waals surface area contributed by atoms with Gasteiger partial charge in [-0.1, -0.05) is 12.2 Å². The first kappa shape index (κ1) is 16.7. The molecule has 0 fully saturated rings. The molecular weight excluding hydrogens is 232 g/mol. The molecule has 18 heavy (non-hydrogen) atoms. The van der Waals surface area contributed by atoms with Gasteiger partial charge in [-0.2, -0.15) is 0 Å². The summed E-state index contributed by atoms with van der Waals surface area (Å²) in [4.78, 5) is 23.9. The van der Waals surface area contributed by atoms with Gasteiger partial charge in [-0.05, 0) is 13.8 Å². The lowest BCUT2D eigenvalue weighted by atomic mass is 9.95. The average molecular weight is 254 g/mol. The van der Waals surface area contributed by atoms with Crippen molar-refractivity contribution in [1.29, 1.82) is 0 Å². The molecule has 0 aromatic rings. The first-order valence-electron chi connectivity index (χ1n) is 5.99. The van der Waals surface area contributed by atoms with E-state index in [0.29, 0.717) is 24.4 Å². The molecule has 0 saturated heterocycles. The van der Waals surface area contributed by atoms with Gasteiger partial charge in [-0.15, -0.1) is 0 Å². The van der Waals surface area contributed by atoms with Crippen LogP contribution in [0.15, 0.2) is 23.3 Å². The minimum atomic E-state index is -0.0711. The van der Waals surface area contributed by atoms with Crippen molar-refractivity contribution >= 4 is 11.6 Å². The van der Waals surface area contributed by atoms with Crippen LogP contribution in [0.1, 0.15) is 26.7 Å². The lowest BCUT2D eigenvalue weighted by molar-refractivity contribution is -0.119. The molecule has 0 atom stereocenters. The van der Waals surface area contributed by atoms with E-state index in [1.807, 2.05) is 0 Å². The second-order valence-electron chi connectivity index (χ2n) is 3.74. The molecule has 0 aliphatic carbocycles. The smallest absolute Gasteiger partial charge is 0.165 e. The monoisotopic (exact) mass is 254 g/mol. The highest BCUT2D eigenvalue weighted by Crippen LogP contribution is 2.16. The van der Waals surface area contributed by atoms with Gasteiger partial charge in [0.15, 0.2) is 11.6 Å². The summed E-state index contributed by atoms with van der Waals surface area (Å²) in [6.45, 7) is 4.24. The molecule has 0 spiro atoms. The normalized spacial score (nSPS) is 12.7. The Balaban J connectivity index is 4.80. The Morgan fingerprint density at radius 3 is 1.39 bits per heavy atom. The van der Waals surface area contributed by atoms with Crippen LogP contribution in [0.2, 0.25) is 0 Å². The van der Waals surface area contributed by atoms with Gasteiger partial charge in [0.2, 0.25) is 0 Å². The van der Waals surface area contributed by atoms with E-state index in [1.54, 1.807) is 40.2 Å². The molecule has 4 nitrogen and oxygen atoms in total. The fraction of sp³-hybridized carbons (Fsp3) is 0.571. The zero-order valence-electron chi connectivity index (χ0n) is 11.6. The van der Waals surface area contributed by atoms with Gasteiger partial charge < -0.3 is 9.47 Å². The van der Waals surface area contributed by atoms with Crippen LogP contribution >= 0.6 is 0 Å². The number of ketones is 2. The van der Waals surface area contributed by atoms with E-state index in [9.17, 15) is 9.59 Å². The molecule has 0 aromatic carbocycles. The van der Waals surface area contributed by atoms with Crippen molar-refractivity contribution in [3.05, 3.63) is 23.3 Å². The quantitative estimate of drug-likeness (QED) is 0.467. The summed E-state index contributed by atoms with van der Waals surface area (Å²) in [5, 5.41) is 0. The van der Waals surface area contributed by atoms with Crippen molar-refractivity contribution in [3.63, 3.8) is 0 Å². The van der Waals surface area contributed by atoms with Crippen LogP contribution in [-0.4, -0.2) is 39.0 Å². The Bertz CT molecular complexity index is 306. The van der Waals surface area contributed by atoms with Crippen molar-refractivity contribution in [1.82, 2.24) is 0 Å². The molecule has 102 valence electrons. The predicted molar refractivity (Wildman–Crippen MR) is 70.5 cm³/mol. The standard InChI is InChI=1S/C14H22O4/c1-5-11(13(15)7-9-17-3)12(6-2)14(16)8-10-18-4/h5-6H,7-10H2,1-4H3/b11-5+,12-6+. The van der Waals surface area contributed by atoms with Gasteiger partial charge >= 0.3 is 0 Å². The number of hydrogen-bond acceptors (Lipinski definition) is 4. The summed E-state index contributed by atoms with van der Waals surface area (Å²) in [5.41, 5.74) is 0.936. The second kappa shape index (κ2) is 9.74. The number of carbonyl (C=O) groups excluding carboxylic acids is 2. The predicted octanol–water partition coefficient (Wildman–Crippen LogP) is 2.09. The lowest BCUT2D eigenvalue weighted by Crippen LogP contribution is -2.15. The number of carbonyl (C=O) groups is 2. The number of hydrogen-bond donors (Lipinski definition) is 0. The molecule has 0 aromatic heterocycles. The van der Waals surface area contributed by atoms with Gasteiger partial charge in [0.25, 0.3) is 0 Å². The van der Waals surface area contributed by atoms with E-state index in [2.05, 4.69) is 0 Å². The van der Waals surface area contributed by atoms with Gasteiger partial charge in [-0.25, -0.2) is 0 Å². The van der Waals surface area contributed by atoms with Crippen LogP contribution < -0.4 is 0 Å². The van der Waals surface area contributed by atoms with E-state index in [1.165, 1.54) is 0 Å². The Kier molecular flexibility index (Phi) is 9.06. The Morgan fingerprint density at radius 2 is 1.17 bits per heavy atom. The van der Waals surface area contributed by atoms with E-state index in [4.69, 9.17) is 9.47 Å². The molecule has 0 aliphatic heterocycles. The van der Waals surface area contributed by atoms with E-state index in [0.717, 1.165) is 0 Å². The summed E-state index contributed by atoms with van der Waals surface area (Å²) in [5.74, 6) is -0.142. The highest BCUT2D eigenvalue weighted by molar-refractivity contribution is 6.12. The van der Waals surface area contributed by atoms with Crippen molar-refractivity contribution in [2.75, 3.05) is 27.4 Å². The number of ether oxygens (including phenoxy) is 2. The van der Waals surface area contributed by atoms with Crippen LogP contribution in [0.4, 0.5) is 0 Å². The van der Waals surface area contributed by atoms with Gasteiger partial charge in [0, 0.05) is 38.2 Å². The highest BCUT2D eigenvalue weighted by atomic mass is 16.5. The third-order valence-electron chi connectivity index (χ3n) is 2.53. The number of rotatable bonds is 9. The van der Waals surface area contributed by atoms with Crippen LogP contribution in [0.3, 0.4) is 0 Å². The zero-order chi connectivity index (χ0) is 14.0. The molecule has 0 radical (unpaired) electrons. The minimum Gasteiger partial charge on any atom is -0.384 e. The topological polar surface area (TPSA) is 52.6 Å². The molecule has 0 saturated carbocycles. The van der Waals surface area contributed by atoms with Crippen molar-refractivity contribution in [2.24, 2.45) is 0 Å². The van der Waals surface area contributed by atoms with Crippen LogP contribution in [0, 0.1) is 0 Å². The maximum atomic E-state index is 11.9. The highest BCUT2D eigenvalue weighted by Gasteiger charge is 2.18. The van der Waals surface area contributed by atoms with Crippen LogP contribution in [0.25, 0.3) is 0 Å². The van der Waals surface area contributed by atoms with Gasteiger partial charge in [0.05, 0.1) is 13.2 Å². The first-order chi connectivity index (χ1) is 8.62. The summed E-state index contributed by atoms with van der Waals surface area (Å²) in [6, 6.07) is 0. The first-order valence-corrected chi connectivity index (χ1v) is 5.99. The number of allylic oxidation sites excluding steroid dienone is 4. The third-order valence-corrected chi connectivity index (χ3v) is 2.53. The van der Waals surface area contributed by atoms with E-state index >= 15 is 0 Å². The summed E-state index contributed by atoms with van der Waals surface area (Å²) in [6.07, 6.45) is 3.92. The largest absolute Gasteiger partial charge is 0.384 e. The van der Waals surface area contributed by atoms with Crippen LogP contribution in [-0.2, 0) is 19.1 Å². The SMILES string of the molecule is C/C=C(C(=O)CCOC)\C(=C/C)C(=O)CCOC. The molecule has 0 N–H and O–H groups in total. The Hall–Kier alpha value is -1.26. The van der Waals surface area contributed by atoms with Crippen molar-refractivity contribution in [2.45, 2.75) is 26.7 Å². The minimum absolute atomic E-state index is 0.0711. The van der Waals surface area contributed by atoms with Gasteiger partial charge in [0.1, 0.15) is 0 Å². The van der Waals surface area contributed by atoms with Gasteiger partial charge in [-0.3, -0.25) is 9.59 Å². The van der Waals surface area contributed by atoms with E-state index in [-0.39, 0.29) is 24.4 Å². The molecule has 0 aliphatic rings. The second-order valence-corrected chi connectivity index (χ2v) is 3.74. The number of Topliss-reactive ketones (excluding diaryl/α,β-unsaturated/α-hetero) is 2. The molecule has 4 heteroatoms. The molecule has 0 bridgehead atoms. The maximum absolute atomic E-state index is 11.9. The molecule has 0 heterocycles. The maximum Gasteiger partial charge on any atom is 0.165 e.